The van der Waals surface area contributed by atoms with Crippen molar-refractivity contribution in [3.05, 3.63) is 46.3 Å². The SMILES string of the molecule is CCCc1nc(Cl)cc(Oc2cccc(Cl)c2)n1. The van der Waals surface area contributed by atoms with Gasteiger partial charge in [0.25, 0.3) is 0 Å². The number of halogens is 2. The van der Waals surface area contributed by atoms with E-state index in [4.69, 9.17) is 27.9 Å². The van der Waals surface area contributed by atoms with Crippen molar-refractivity contribution >= 4 is 23.2 Å². The van der Waals surface area contributed by atoms with Crippen molar-refractivity contribution in [1.29, 1.82) is 0 Å². The van der Waals surface area contributed by atoms with Gasteiger partial charge >= 0.3 is 0 Å². The van der Waals surface area contributed by atoms with E-state index in [9.17, 15) is 0 Å². The number of benzene rings is 1. The average Bonchev–Trinajstić information content (AvgIpc) is 2.28. The van der Waals surface area contributed by atoms with E-state index in [1.165, 1.54) is 0 Å². The molecular formula is C13H12Cl2N2O. The van der Waals surface area contributed by atoms with Crippen molar-refractivity contribution in [1.82, 2.24) is 9.97 Å². The lowest BCUT2D eigenvalue weighted by molar-refractivity contribution is 0.458. The largest absolute Gasteiger partial charge is 0.439 e. The van der Waals surface area contributed by atoms with E-state index >= 15 is 0 Å². The molecule has 0 saturated carbocycles. The van der Waals surface area contributed by atoms with Crippen molar-refractivity contribution in [3.63, 3.8) is 0 Å². The predicted octanol–water partition coefficient (Wildman–Crippen LogP) is 4.53. The summed E-state index contributed by atoms with van der Waals surface area (Å²) in [4.78, 5) is 8.42. The smallest absolute Gasteiger partial charge is 0.224 e. The van der Waals surface area contributed by atoms with Gasteiger partial charge in [0.1, 0.15) is 16.7 Å². The predicted molar refractivity (Wildman–Crippen MR) is 72.6 cm³/mol. The highest BCUT2D eigenvalue weighted by Crippen LogP contribution is 2.24. The van der Waals surface area contributed by atoms with Gasteiger partial charge in [-0.25, -0.2) is 4.98 Å². The molecule has 0 aliphatic heterocycles. The van der Waals surface area contributed by atoms with Crippen molar-refractivity contribution in [2.45, 2.75) is 19.8 Å². The third kappa shape index (κ3) is 3.59. The number of rotatable bonds is 4. The molecule has 0 atom stereocenters. The number of ether oxygens (including phenoxy) is 1. The minimum Gasteiger partial charge on any atom is -0.439 e. The zero-order valence-corrected chi connectivity index (χ0v) is 11.4. The van der Waals surface area contributed by atoms with Crippen LogP contribution >= 0.6 is 23.2 Å². The van der Waals surface area contributed by atoms with Crippen molar-refractivity contribution < 1.29 is 4.74 Å². The lowest BCUT2D eigenvalue weighted by Crippen LogP contribution is -1.97. The minimum absolute atomic E-state index is 0.380. The molecule has 0 spiro atoms. The van der Waals surface area contributed by atoms with Crippen LogP contribution in [0, 0.1) is 0 Å². The van der Waals surface area contributed by atoms with Gasteiger partial charge in [-0.1, -0.05) is 36.2 Å². The van der Waals surface area contributed by atoms with Gasteiger partial charge in [-0.3, -0.25) is 0 Å². The lowest BCUT2D eigenvalue weighted by atomic mass is 10.3. The summed E-state index contributed by atoms with van der Waals surface area (Å²) in [5.41, 5.74) is 0. The van der Waals surface area contributed by atoms with E-state index in [0.717, 1.165) is 12.8 Å². The number of nitrogens with zero attached hydrogens (tertiary/aromatic N) is 2. The molecule has 0 aliphatic carbocycles. The Hall–Kier alpha value is -1.32. The van der Waals surface area contributed by atoms with Crippen LogP contribution in [0.3, 0.4) is 0 Å². The van der Waals surface area contributed by atoms with E-state index in [1.807, 2.05) is 6.07 Å². The van der Waals surface area contributed by atoms with Crippen molar-refractivity contribution in [2.24, 2.45) is 0 Å². The number of aryl methyl sites for hydroxylation is 1. The van der Waals surface area contributed by atoms with Gasteiger partial charge in [0.15, 0.2) is 0 Å². The molecule has 1 aromatic carbocycles. The number of aromatic nitrogens is 2. The Balaban J connectivity index is 2.23. The molecular weight excluding hydrogens is 271 g/mol. The summed E-state index contributed by atoms with van der Waals surface area (Å²) in [5, 5.41) is 0.993. The van der Waals surface area contributed by atoms with Gasteiger partial charge < -0.3 is 4.74 Å². The first-order valence-electron chi connectivity index (χ1n) is 5.64. The van der Waals surface area contributed by atoms with Crippen LogP contribution < -0.4 is 4.74 Å². The minimum atomic E-state index is 0.380. The van der Waals surface area contributed by atoms with Gasteiger partial charge in [0.2, 0.25) is 5.88 Å². The second-order valence-corrected chi connectivity index (χ2v) is 4.58. The van der Waals surface area contributed by atoms with Crippen LogP contribution in [0.4, 0.5) is 0 Å². The molecule has 5 heteroatoms. The molecule has 1 aromatic heterocycles. The standard InChI is InChI=1S/C13H12Cl2N2O/c1-2-4-12-16-11(15)8-13(17-12)18-10-6-3-5-9(14)7-10/h3,5-8H,2,4H2,1H3. The topological polar surface area (TPSA) is 35.0 Å². The Kier molecular flexibility index (Phi) is 4.39. The van der Waals surface area contributed by atoms with Crippen LogP contribution in [0.15, 0.2) is 30.3 Å². The van der Waals surface area contributed by atoms with Gasteiger partial charge in [-0.05, 0) is 24.6 Å². The third-order valence-corrected chi connectivity index (χ3v) is 2.64. The van der Waals surface area contributed by atoms with Crippen molar-refractivity contribution in [3.8, 4) is 11.6 Å². The highest BCUT2D eigenvalue weighted by atomic mass is 35.5. The first-order valence-corrected chi connectivity index (χ1v) is 6.40. The van der Waals surface area contributed by atoms with E-state index in [-0.39, 0.29) is 0 Å². The molecule has 0 unspecified atom stereocenters. The molecule has 0 radical (unpaired) electrons. The average molecular weight is 283 g/mol. The molecule has 1 heterocycles. The Morgan fingerprint density at radius 1 is 1.17 bits per heavy atom. The van der Waals surface area contributed by atoms with Crippen LogP contribution in [-0.2, 0) is 6.42 Å². The molecule has 0 aliphatic rings. The van der Waals surface area contributed by atoms with Gasteiger partial charge in [0.05, 0.1) is 0 Å². The fourth-order valence-electron chi connectivity index (χ4n) is 1.48. The first kappa shape index (κ1) is 13.1. The molecule has 0 amide bonds. The van der Waals surface area contributed by atoms with E-state index in [2.05, 4.69) is 16.9 Å². The summed E-state index contributed by atoms with van der Waals surface area (Å²) >= 11 is 11.8. The summed E-state index contributed by atoms with van der Waals surface area (Å²) < 4.78 is 5.61. The maximum Gasteiger partial charge on any atom is 0.224 e. The Morgan fingerprint density at radius 3 is 2.72 bits per heavy atom. The second-order valence-electron chi connectivity index (χ2n) is 3.75. The molecule has 2 aromatic rings. The highest BCUT2D eigenvalue weighted by Gasteiger charge is 2.05. The summed E-state index contributed by atoms with van der Waals surface area (Å²) in [6.45, 7) is 2.06. The van der Waals surface area contributed by atoms with Crippen molar-refractivity contribution in [2.75, 3.05) is 0 Å². The highest BCUT2D eigenvalue weighted by molar-refractivity contribution is 6.30. The molecule has 18 heavy (non-hydrogen) atoms. The lowest BCUT2D eigenvalue weighted by Gasteiger charge is -2.06. The molecule has 0 bridgehead atoms. The fraction of sp³-hybridized carbons (Fsp3) is 0.231. The summed E-state index contributed by atoms with van der Waals surface area (Å²) in [6.07, 6.45) is 1.73. The van der Waals surface area contributed by atoms with Crippen LogP contribution in [0.1, 0.15) is 19.2 Å². The summed E-state index contributed by atoms with van der Waals surface area (Å²) in [5.74, 6) is 1.74. The molecule has 0 N–H and O–H groups in total. The normalized spacial score (nSPS) is 10.4. The second kappa shape index (κ2) is 6.03. The quantitative estimate of drug-likeness (QED) is 0.773. The van der Waals surface area contributed by atoms with Gasteiger partial charge in [-0.15, -0.1) is 0 Å². The molecule has 0 fully saturated rings. The maximum absolute atomic E-state index is 5.93. The van der Waals surface area contributed by atoms with Crippen LogP contribution in [-0.4, -0.2) is 9.97 Å². The molecule has 0 saturated heterocycles. The number of hydrogen-bond donors (Lipinski definition) is 0. The Morgan fingerprint density at radius 2 is 2.00 bits per heavy atom. The summed E-state index contributed by atoms with van der Waals surface area (Å²) in [7, 11) is 0. The van der Waals surface area contributed by atoms with Crippen LogP contribution in [0.25, 0.3) is 0 Å². The molecule has 2 rings (SSSR count). The van der Waals surface area contributed by atoms with Crippen LogP contribution in [0.5, 0.6) is 11.6 Å². The molecule has 94 valence electrons. The van der Waals surface area contributed by atoms with E-state index in [1.54, 1.807) is 24.3 Å². The molecule has 3 nitrogen and oxygen atoms in total. The zero-order valence-electron chi connectivity index (χ0n) is 9.86. The third-order valence-electron chi connectivity index (χ3n) is 2.21. The number of hydrogen-bond acceptors (Lipinski definition) is 3. The van der Waals surface area contributed by atoms with E-state index in [0.29, 0.717) is 27.6 Å². The Bertz CT molecular complexity index is 546. The monoisotopic (exact) mass is 282 g/mol. The fourth-order valence-corrected chi connectivity index (χ4v) is 1.85. The zero-order chi connectivity index (χ0) is 13.0. The van der Waals surface area contributed by atoms with E-state index < -0.39 is 0 Å². The summed E-state index contributed by atoms with van der Waals surface area (Å²) in [6, 6.07) is 8.71. The first-order chi connectivity index (χ1) is 8.67. The Labute approximate surface area is 116 Å². The maximum atomic E-state index is 5.93. The van der Waals surface area contributed by atoms with Crippen LogP contribution in [0.2, 0.25) is 10.2 Å². The van der Waals surface area contributed by atoms with Gasteiger partial charge in [0, 0.05) is 17.5 Å². The van der Waals surface area contributed by atoms with Gasteiger partial charge in [-0.2, -0.15) is 4.98 Å².